The van der Waals surface area contributed by atoms with Crippen LogP contribution >= 0.6 is 0 Å². The predicted octanol–water partition coefficient (Wildman–Crippen LogP) is 5.84. The first-order chi connectivity index (χ1) is 13.8. The molecule has 3 nitrogen and oxygen atoms in total. The third kappa shape index (κ3) is 3.65. The molecule has 0 aliphatic rings. The molecule has 0 atom stereocenters. The zero-order chi connectivity index (χ0) is 20.7. The van der Waals surface area contributed by atoms with Crippen molar-refractivity contribution in [3.8, 4) is 22.5 Å². The molecule has 0 saturated carbocycles. The van der Waals surface area contributed by atoms with Crippen molar-refractivity contribution in [3.05, 3.63) is 77.4 Å². The molecular weight excluding hydrogens is 354 g/mol. The Morgan fingerprint density at radius 1 is 0.862 bits per heavy atom. The lowest BCUT2D eigenvalue weighted by Gasteiger charge is -2.11. The molecule has 4 aromatic rings. The zero-order valence-electron chi connectivity index (χ0n) is 18.1. The standard InChI is InChI=1S/C26H28N3/c1-16(2)24-13-28-25(14-27-24)21-8-7-20-12-26(29(6)15-22(20)11-21)23-10-17(3)9-18(4)19(23)5/h7-16H,1-6H3/q+1. The Balaban J connectivity index is 1.80. The molecule has 0 N–H and O–H groups in total. The van der Waals surface area contributed by atoms with E-state index in [0.717, 1.165) is 17.0 Å². The Morgan fingerprint density at radius 3 is 2.34 bits per heavy atom. The van der Waals surface area contributed by atoms with Crippen molar-refractivity contribution in [2.45, 2.75) is 40.5 Å². The van der Waals surface area contributed by atoms with Crippen LogP contribution in [0.3, 0.4) is 0 Å². The minimum Gasteiger partial charge on any atom is -0.257 e. The number of pyridine rings is 1. The summed E-state index contributed by atoms with van der Waals surface area (Å²) in [5, 5.41) is 2.43. The summed E-state index contributed by atoms with van der Waals surface area (Å²) in [7, 11) is 2.12. The highest BCUT2D eigenvalue weighted by atomic mass is 14.9. The number of hydrogen-bond donors (Lipinski definition) is 0. The molecular formula is C26H28N3+. The summed E-state index contributed by atoms with van der Waals surface area (Å²) in [6, 6.07) is 13.3. The molecule has 0 aliphatic carbocycles. The molecule has 2 aromatic carbocycles. The molecule has 0 radical (unpaired) electrons. The molecule has 2 heterocycles. The van der Waals surface area contributed by atoms with Crippen LogP contribution in [0.15, 0.2) is 55.0 Å². The Bertz CT molecular complexity index is 1210. The zero-order valence-corrected chi connectivity index (χ0v) is 18.1. The number of hydrogen-bond acceptors (Lipinski definition) is 2. The van der Waals surface area contributed by atoms with E-state index in [9.17, 15) is 0 Å². The van der Waals surface area contributed by atoms with Gasteiger partial charge in [-0.05, 0) is 55.3 Å². The largest absolute Gasteiger partial charge is 0.257 e. The summed E-state index contributed by atoms with van der Waals surface area (Å²) in [5.41, 5.74) is 9.52. The maximum Gasteiger partial charge on any atom is 0.213 e. The third-order valence-corrected chi connectivity index (χ3v) is 5.74. The molecule has 3 heteroatoms. The predicted molar refractivity (Wildman–Crippen MR) is 120 cm³/mol. The first-order valence-corrected chi connectivity index (χ1v) is 10.2. The third-order valence-electron chi connectivity index (χ3n) is 5.74. The molecule has 0 unspecified atom stereocenters. The van der Waals surface area contributed by atoms with Crippen LogP contribution in [0.2, 0.25) is 0 Å². The number of nitrogens with zero attached hydrogens (tertiary/aromatic N) is 3. The van der Waals surface area contributed by atoms with E-state index in [1.54, 1.807) is 0 Å². The lowest BCUT2D eigenvalue weighted by Crippen LogP contribution is -2.30. The molecule has 0 amide bonds. The van der Waals surface area contributed by atoms with Gasteiger partial charge in [0.2, 0.25) is 5.69 Å². The summed E-state index contributed by atoms with van der Waals surface area (Å²) >= 11 is 0. The number of rotatable bonds is 3. The van der Waals surface area contributed by atoms with Crippen molar-refractivity contribution in [1.82, 2.24) is 9.97 Å². The van der Waals surface area contributed by atoms with Gasteiger partial charge in [-0.2, -0.15) is 0 Å². The van der Waals surface area contributed by atoms with Gasteiger partial charge >= 0.3 is 0 Å². The van der Waals surface area contributed by atoms with E-state index in [1.165, 1.54) is 38.7 Å². The van der Waals surface area contributed by atoms with Gasteiger partial charge in [-0.1, -0.05) is 37.6 Å². The number of aromatic nitrogens is 3. The van der Waals surface area contributed by atoms with Crippen LogP contribution in [-0.4, -0.2) is 9.97 Å². The maximum atomic E-state index is 4.63. The Labute approximate surface area is 173 Å². The molecule has 0 saturated heterocycles. The lowest BCUT2D eigenvalue weighted by atomic mass is 9.96. The Kier molecular flexibility index (Phi) is 4.91. The van der Waals surface area contributed by atoms with Crippen LogP contribution in [0.4, 0.5) is 0 Å². The summed E-state index contributed by atoms with van der Waals surface area (Å²) in [5.74, 6) is 0.388. The van der Waals surface area contributed by atoms with E-state index in [4.69, 9.17) is 0 Å². The topological polar surface area (TPSA) is 29.7 Å². The SMILES string of the molecule is Cc1cc(C)c(C)c(-c2cc3ccc(-c4cnc(C(C)C)cn4)cc3c[n+]2C)c1. The number of benzene rings is 2. The molecule has 0 aliphatic heterocycles. The minimum absolute atomic E-state index is 0.388. The monoisotopic (exact) mass is 382 g/mol. The molecule has 29 heavy (non-hydrogen) atoms. The van der Waals surface area contributed by atoms with E-state index in [2.05, 4.69) is 98.8 Å². The van der Waals surface area contributed by atoms with Gasteiger partial charge in [0.15, 0.2) is 6.20 Å². The van der Waals surface area contributed by atoms with Crippen molar-refractivity contribution in [2.75, 3.05) is 0 Å². The number of fused-ring (bicyclic) bond motifs is 1. The van der Waals surface area contributed by atoms with Crippen molar-refractivity contribution in [2.24, 2.45) is 7.05 Å². The van der Waals surface area contributed by atoms with E-state index in [1.807, 2.05) is 12.4 Å². The van der Waals surface area contributed by atoms with Crippen LogP contribution < -0.4 is 4.57 Å². The fraction of sp³-hybridized carbons (Fsp3) is 0.269. The highest BCUT2D eigenvalue weighted by Crippen LogP contribution is 2.29. The average molecular weight is 383 g/mol. The summed E-state index contributed by atoms with van der Waals surface area (Å²) < 4.78 is 2.22. The summed E-state index contributed by atoms with van der Waals surface area (Å²) in [6.45, 7) is 10.8. The minimum atomic E-state index is 0.388. The molecule has 146 valence electrons. The van der Waals surface area contributed by atoms with E-state index in [0.29, 0.717) is 5.92 Å². The second-order valence-electron chi connectivity index (χ2n) is 8.35. The van der Waals surface area contributed by atoms with Gasteiger partial charge < -0.3 is 0 Å². The quantitative estimate of drug-likeness (QED) is 0.417. The maximum absolute atomic E-state index is 4.63. The second-order valence-corrected chi connectivity index (χ2v) is 8.35. The average Bonchev–Trinajstić information content (AvgIpc) is 2.70. The normalized spacial score (nSPS) is 11.4. The highest BCUT2D eigenvalue weighted by molar-refractivity contribution is 5.88. The molecule has 2 aromatic heterocycles. The fourth-order valence-electron chi connectivity index (χ4n) is 3.86. The van der Waals surface area contributed by atoms with Crippen LogP contribution in [0.5, 0.6) is 0 Å². The van der Waals surface area contributed by atoms with Crippen LogP contribution in [0.1, 0.15) is 42.1 Å². The van der Waals surface area contributed by atoms with Gasteiger partial charge in [-0.3, -0.25) is 9.97 Å². The Hall–Kier alpha value is -3.07. The van der Waals surface area contributed by atoms with Crippen molar-refractivity contribution >= 4 is 10.8 Å². The van der Waals surface area contributed by atoms with Crippen molar-refractivity contribution in [3.63, 3.8) is 0 Å². The smallest absolute Gasteiger partial charge is 0.213 e. The fourth-order valence-corrected chi connectivity index (χ4v) is 3.86. The second kappa shape index (κ2) is 7.40. The van der Waals surface area contributed by atoms with Gasteiger partial charge in [0.05, 0.1) is 17.6 Å². The molecule has 0 fully saturated rings. The summed E-state index contributed by atoms with van der Waals surface area (Å²) in [4.78, 5) is 9.19. The number of aryl methyl sites for hydroxylation is 3. The van der Waals surface area contributed by atoms with Crippen LogP contribution in [-0.2, 0) is 7.05 Å². The molecule has 0 bridgehead atoms. The van der Waals surface area contributed by atoms with Crippen LogP contribution in [0.25, 0.3) is 33.3 Å². The van der Waals surface area contributed by atoms with E-state index in [-0.39, 0.29) is 0 Å². The lowest BCUT2D eigenvalue weighted by molar-refractivity contribution is -0.659. The van der Waals surface area contributed by atoms with E-state index >= 15 is 0 Å². The van der Waals surface area contributed by atoms with Crippen LogP contribution in [0, 0.1) is 20.8 Å². The van der Waals surface area contributed by atoms with E-state index < -0.39 is 0 Å². The van der Waals surface area contributed by atoms with Gasteiger partial charge in [0.1, 0.15) is 7.05 Å². The van der Waals surface area contributed by atoms with Crippen molar-refractivity contribution in [1.29, 1.82) is 0 Å². The molecule has 4 rings (SSSR count). The van der Waals surface area contributed by atoms with Gasteiger partial charge in [0.25, 0.3) is 0 Å². The van der Waals surface area contributed by atoms with Gasteiger partial charge in [-0.25, -0.2) is 4.57 Å². The first-order valence-electron chi connectivity index (χ1n) is 10.2. The molecule has 0 spiro atoms. The van der Waals surface area contributed by atoms with Crippen molar-refractivity contribution < 1.29 is 4.57 Å². The van der Waals surface area contributed by atoms with Gasteiger partial charge in [-0.15, -0.1) is 0 Å². The summed E-state index contributed by atoms with van der Waals surface area (Å²) in [6.07, 6.45) is 5.97. The highest BCUT2D eigenvalue weighted by Gasteiger charge is 2.16. The first kappa shape index (κ1) is 19.3. The Morgan fingerprint density at radius 2 is 1.66 bits per heavy atom. The van der Waals surface area contributed by atoms with Gasteiger partial charge in [0, 0.05) is 28.8 Å².